The van der Waals surface area contributed by atoms with Gasteiger partial charge in [-0.15, -0.1) is 11.6 Å². The fraction of sp³-hybridized carbons (Fsp3) is 0.909. The Kier molecular flexibility index (Phi) is 5.83. The molecule has 2 atom stereocenters. The van der Waals surface area contributed by atoms with Crippen LogP contribution in [0.2, 0.25) is 0 Å². The molecule has 1 fully saturated rings. The van der Waals surface area contributed by atoms with Crippen LogP contribution < -0.4 is 5.32 Å². The van der Waals surface area contributed by atoms with Gasteiger partial charge in [0.05, 0.1) is 5.38 Å². The molecule has 4 heteroatoms. The van der Waals surface area contributed by atoms with E-state index in [9.17, 15) is 4.79 Å². The molecule has 2 nitrogen and oxygen atoms in total. The summed E-state index contributed by atoms with van der Waals surface area (Å²) in [5.74, 6) is 1.44. The zero-order valence-electron chi connectivity index (χ0n) is 9.46. The van der Waals surface area contributed by atoms with Crippen LogP contribution in [0.1, 0.15) is 39.5 Å². The number of carbonyl (C=O) groups is 1. The van der Waals surface area contributed by atoms with E-state index in [1.54, 1.807) is 0 Å². The summed E-state index contributed by atoms with van der Waals surface area (Å²) in [6.45, 7) is 4.23. The van der Waals surface area contributed by atoms with Gasteiger partial charge in [-0.3, -0.25) is 4.79 Å². The fourth-order valence-corrected chi connectivity index (χ4v) is 2.75. The number of thioether (sulfide) groups is 1. The quantitative estimate of drug-likeness (QED) is 0.774. The van der Waals surface area contributed by atoms with Crippen LogP contribution in [0.25, 0.3) is 0 Å². The van der Waals surface area contributed by atoms with Crippen LogP contribution in [-0.2, 0) is 0 Å². The molecule has 0 spiro atoms. The Balaban J connectivity index is 2.24. The Labute approximate surface area is 102 Å². The molecule has 1 rings (SSSR count). The van der Waals surface area contributed by atoms with Gasteiger partial charge in [-0.05, 0) is 18.8 Å². The topological polar surface area (TPSA) is 29.1 Å². The van der Waals surface area contributed by atoms with Gasteiger partial charge in [-0.25, -0.2) is 0 Å². The van der Waals surface area contributed by atoms with Gasteiger partial charge >= 0.3 is 0 Å². The zero-order valence-corrected chi connectivity index (χ0v) is 11.0. The minimum atomic E-state index is 0.0845. The molecule has 0 aromatic carbocycles. The van der Waals surface area contributed by atoms with E-state index in [1.807, 2.05) is 0 Å². The fourth-order valence-electron chi connectivity index (χ4n) is 1.68. The minimum absolute atomic E-state index is 0.0845. The number of amides is 1. The van der Waals surface area contributed by atoms with Gasteiger partial charge in [-0.1, -0.05) is 38.5 Å². The van der Waals surface area contributed by atoms with Gasteiger partial charge in [0.25, 0.3) is 5.24 Å². The predicted octanol–water partition coefficient (Wildman–Crippen LogP) is 3.64. The largest absolute Gasteiger partial charge is 0.343 e. The maximum Gasteiger partial charge on any atom is 0.279 e. The lowest BCUT2D eigenvalue weighted by atomic mass is 9.95. The molecular weight excluding hydrogens is 230 g/mol. The van der Waals surface area contributed by atoms with Crippen molar-refractivity contribution in [1.29, 1.82) is 0 Å². The highest BCUT2D eigenvalue weighted by Crippen LogP contribution is 2.23. The van der Waals surface area contributed by atoms with Crippen molar-refractivity contribution < 1.29 is 4.79 Å². The van der Waals surface area contributed by atoms with E-state index in [2.05, 4.69) is 19.2 Å². The van der Waals surface area contributed by atoms with Gasteiger partial charge in [0.15, 0.2) is 0 Å². The molecule has 0 heterocycles. The first-order valence-corrected chi connectivity index (χ1v) is 7.09. The Hall–Kier alpha value is 0.110. The lowest BCUT2D eigenvalue weighted by molar-refractivity contribution is 0.253. The van der Waals surface area contributed by atoms with Crippen molar-refractivity contribution in [2.24, 2.45) is 5.92 Å². The lowest BCUT2D eigenvalue weighted by Gasteiger charge is -2.27. The third-order valence-electron chi connectivity index (χ3n) is 2.53. The molecule has 0 aromatic heterocycles. The van der Waals surface area contributed by atoms with Crippen molar-refractivity contribution in [2.75, 3.05) is 5.75 Å². The van der Waals surface area contributed by atoms with E-state index in [1.165, 1.54) is 24.6 Å². The second-order valence-corrected chi connectivity index (χ2v) is 6.10. The zero-order chi connectivity index (χ0) is 11.3. The molecule has 0 bridgehead atoms. The third kappa shape index (κ3) is 5.12. The van der Waals surface area contributed by atoms with Crippen LogP contribution >= 0.6 is 23.4 Å². The Morgan fingerprint density at radius 3 is 2.73 bits per heavy atom. The molecule has 1 aliphatic rings. The van der Waals surface area contributed by atoms with Gasteiger partial charge in [0, 0.05) is 11.8 Å². The highest BCUT2D eigenvalue weighted by Gasteiger charge is 2.24. The summed E-state index contributed by atoms with van der Waals surface area (Å²) in [5.41, 5.74) is 0. The van der Waals surface area contributed by atoms with Crippen LogP contribution in [0.4, 0.5) is 4.79 Å². The number of carbonyl (C=O) groups excluding carboxylic acids is 1. The highest BCUT2D eigenvalue weighted by molar-refractivity contribution is 8.13. The highest BCUT2D eigenvalue weighted by atomic mass is 35.5. The SMILES string of the molecule is CC(C)CSC(=O)N[C@@H]1CCCC[C@@H]1Cl. The molecule has 0 radical (unpaired) electrons. The molecule has 0 unspecified atom stereocenters. The first kappa shape index (κ1) is 13.2. The molecule has 0 aromatic rings. The number of hydrogen-bond donors (Lipinski definition) is 1. The first-order valence-electron chi connectivity index (χ1n) is 5.67. The van der Waals surface area contributed by atoms with Gasteiger partial charge in [0.1, 0.15) is 0 Å². The van der Waals surface area contributed by atoms with Gasteiger partial charge < -0.3 is 5.32 Å². The number of hydrogen-bond acceptors (Lipinski definition) is 2. The predicted molar refractivity (Wildman–Crippen MR) is 67.7 cm³/mol. The van der Waals surface area contributed by atoms with Crippen LogP contribution in [0.3, 0.4) is 0 Å². The summed E-state index contributed by atoms with van der Waals surface area (Å²) in [6, 6.07) is 0.188. The van der Waals surface area contributed by atoms with Crippen molar-refractivity contribution in [3.05, 3.63) is 0 Å². The summed E-state index contributed by atoms with van der Waals surface area (Å²) >= 11 is 7.54. The Morgan fingerprint density at radius 1 is 1.47 bits per heavy atom. The molecule has 1 saturated carbocycles. The van der Waals surface area contributed by atoms with E-state index in [4.69, 9.17) is 11.6 Å². The van der Waals surface area contributed by atoms with Crippen molar-refractivity contribution in [3.63, 3.8) is 0 Å². The molecular formula is C11H20ClNOS. The molecule has 1 N–H and O–H groups in total. The minimum Gasteiger partial charge on any atom is -0.343 e. The molecule has 88 valence electrons. The van der Waals surface area contributed by atoms with Crippen molar-refractivity contribution in [1.82, 2.24) is 5.32 Å². The smallest absolute Gasteiger partial charge is 0.279 e. The van der Waals surface area contributed by atoms with Gasteiger partial charge in [0.2, 0.25) is 0 Å². The second kappa shape index (κ2) is 6.64. The monoisotopic (exact) mass is 249 g/mol. The van der Waals surface area contributed by atoms with Crippen molar-refractivity contribution >= 4 is 28.6 Å². The van der Waals surface area contributed by atoms with Crippen LogP contribution in [0.15, 0.2) is 0 Å². The molecule has 1 aliphatic carbocycles. The summed E-state index contributed by atoms with van der Waals surface area (Å²) in [6.07, 6.45) is 4.44. The molecule has 15 heavy (non-hydrogen) atoms. The summed E-state index contributed by atoms with van der Waals surface area (Å²) in [5, 5.41) is 3.23. The first-order chi connectivity index (χ1) is 7.09. The van der Waals surface area contributed by atoms with Crippen LogP contribution in [0.5, 0.6) is 0 Å². The standard InChI is InChI=1S/C11H20ClNOS/c1-8(2)7-15-11(14)13-10-6-4-3-5-9(10)12/h8-10H,3-7H2,1-2H3,(H,13,14)/t9-,10+/m0/s1. The molecule has 0 aliphatic heterocycles. The summed E-state index contributed by atoms with van der Waals surface area (Å²) in [4.78, 5) is 11.6. The van der Waals surface area contributed by atoms with Crippen LogP contribution in [-0.4, -0.2) is 22.4 Å². The number of nitrogens with one attached hydrogen (secondary N) is 1. The number of halogens is 1. The number of rotatable bonds is 3. The normalized spacial score (nSPS) is 26.7. The van der Waals surface area contributed by atoms with E-state index in [-0.39, 0.29) is 16.7 Å². The summed E-state index contributed by atoms with van der Waals surface area (Å²) < 4.78 is 0. The lowest BCUT2D eigenvalue weighted by Crippen LogP contribution is -2.41. The maximum absolute atomic E-state index is 11.6. The van der Waals surface area contributed by atoms with E-state index in [0.29, 0.717) is 5.92 Å². The summed E-state index contributed by atoms with van der Waals surface area (Å²) in [7, 11) is 0. The Bertz CT molecular complexity index is 211. The van der Waals surface area contributed by atoms with E-state index in [0.717, 1.165) is 18.6 Å². The maximum atomic E-state index is 11.6. The number of alkyl halides is 1. The van der Waals surface area contributed by atoms with Gasteiger partial charge in [-0.2, -0.15) is 0 Å². The van der Waals surface area contributed by atoms with Crippen molar-refractivity contribution in [3.8, 4) is 0 Å². The molecule has 1 amide bonds. The average Bonchev–Trinajstić information content (AvgIpc) is 2.18. The molecule has 0 saturated heterocycles. The van der Waals surface area contributed by atoms with E-state index >= 15 is 0 Å². The average molecular weight is 250 g/mol. The van der Waals surface area contributed by atoms with Crippen LogP contribution in [0, 0.1) is 5.92 Å². The third-order valence-corrected chi connectivity index (χ3v) is 4.27. The van der Waals surface area contributed by atoms with E-state index < -0.39 is 0 Å². The van der Waals surface area contributed by atoms with Crippen molar-refractivity contribution in [2.45, 2.75) is 50.9 Å². The second-order valence-electron chi connectivity index (χ2n) is 4.54. The Morgan fingerprint density at radius 2 is 2.13 bits per heavy atom.